The summed E-state index contributed by atoms with van der Waals surface area (Å²) in [5, 5.41) is 0. The zero-order chi connectivity index (χ0) is 11.3. The maximum absolute atomic E-state index is 2.72. The van der Waals surface area contributed by atoms with E-state index in [0.717, 1.165) is 11.8 Å². The van der Waals surface area contributed by atoms with E-state index < -0.39 is 0 Å². The Labute approximate surface area is 95.2 Å². The number of rotatable bonds is 3. The average Bonchev–Trinajstić information content (AvgIpc) is 2.72. The van der Waals surface area contributed by atoms with Gasteiger partial charge in [-0.05, 0) is 56.5 Å². The van der Waals surface area contributed by atoms with Crippen LogP contribution in [0.2, 0.25) is 0 Å². The first-order chi connectivity index (χ1) is 6.98. The second-order valence-corrected chi connectivity index (χ2v) is 6.25. The Kier molecular flexibility index (Phi) is 2.65. The van der Waals surface area contributed by atoms with Gasteiger partial charge in [0.1, 0.15) is 0 Å². The van der Waals surface area contributed by atoms with E-state index in [-0.39, 0.29) is 0 Å². The van der Waals surface area contributed by atoms with Crippen molar-refractivity contribution in [3.63, 3.8) is 0 Å². The van der Waals surface area contributed by atoms with Gasteiger partial charge in [0, 0.05) is 5.54 Å². The van der Waals surface area contributed by atoms with Crippen LogP contribution in [0.5, 0.6) is 0 Å². The van der Waals surface area contributed by atoms with Crippen LogP contribution in [0.4, 0.5) is 0 Å². The van der Waals surface area contributed by atoms with Crippen molar-refractivity contribution < 1.29 is 0 Å². The Hall–Kier alpha value is -0.0400. The predicted molar refractivity (Wildman–Crippen MR) is 65.9 cm³/mol. The van der Waals surface area contributed by atoms with E-state index in [9.17, 15) is 0 Å². The molecule has 0 N–H and O–H groups in total. The van der Waals surface area contributed by atoms with Crippen LogP contribution in [0.15, 0.2) is 0 Å². The Bertz CT molecular complexity index is 242. The summed E-state index contributed by atoms with van der Waals surface area (Å²) in [6.07, 6.45) is 4.44. The quantitative estimate of drug-likeness (QED) is 0.687. The first-order valence-electron chi connectivity index (χ1n) is 6.73. The fourth-order valence-electron chi connectivity index (χ4n) is 4.63. The van der Waals surface area contributed by atoms with Crippen LogP contribution in [0.3, 0.4) is 0 Å². The van der Waals surface area contributed by atoms with Gasteiger partial charge in [-0.15, -0.1) is 0 Å². The third-order valence-corrected chi connectivity index (χ3v) is 5.97. The van der Waals surface area contributed by atoms with E-state index >= 15 is 0 Å². The molecule has 2 aliphatic rings. The van der Waals surface area contributed by atoms with Crippen LogP contribution >= 0.6 is 0 Å². The minimum Gasteiger partial charge on any atom is -0.298 e. The summed E-state index contributed by atoms with van der Waals surface area (Å²) in [7, 11) is 0. The fourth-order valence-corrected chi connectivity index (χ4v) is 4.63. The van der Waals surface area contributed by atoms with Gasteiger partial charge in [-0.1, -0.05) is 27.7 Å². The predicted octanol–water partition coefficient (Wildman–Crippen LogP) is 3.54. The third-order valence-electron chi connectivity index (χ3n) is 5.97. The molecule has 0 aromatic heterocycles. The molecule has 0 aromatic carbocycles. The van der Waals surface area contributed by atoms with E-state index in [1.807, 2.05) is 0 Å². The number of hydrogen-bond acceptors (Lipinski definition) is 1. The standard InChI is InChI=1S/C14H27N/c1-6-15(7-2)14(5)12-9-8-11(10-12)13(14,3)4/h11-12H,6-10H2,1-5H3/t11-,12-,14-/m0/s1. The summed E-state index contributed by atoms with van der Waals surface area (Å²) in [6.45, 7) is 14.6. The van der Waals surface area contributed by atoms with Gasteiger partial charge in [0.2, 0.25) is 0 Å². The lowest BCUT2D eigenvalue weighted by Gasteiger charge is -2.54. The highest BCUT2D eigenvalue weighted by atomic mass is 15.2. The summed E-state index contributed by atoms with van der Waals surface area (Å²) >= 11 is 0. The molecule has 3 atom stereocenters. The largest absolute Gasteiger partial charge is 0.298 e. The molecule has 2 saturated carbocycles. The van der Waals surface area contributed by atoms with Crippen LogP contribution < -0.4 is 0 Å². The first-order valence-corrected chi connectivity index (χ1v) is 6.73. The van der Waals surface area contributed by atoms with Crippen molar-refractivity contribution >= 4 is 0 Å². The molecular weight excluding hydrogens is 182 g/mol. The second kappa shape index (κ2) is 3.48. The van der Waals surface area contributed by atoms with Gasteiger partial charge in [-0.3, -0.25) is 4.90 Å². The molecule has 88 valence electrons. The minimum absolute atomic E-state index is 0.458. The van der Waals surface area contributed by atoms with Crippen LogP contribution in [0.25, 0.3) is 0 Å². The van der Waals surface area contributed by atoms with Gasteiger partial charge in [-0.2, -0.15) is 0 Å². The third kappa shape index (κ3) is 1.25. The van der Waals surface area contributed by atoms with Gasteiger partial charge in [-0.25, -0.2) is 0 Å². The number of nitrogens with zero attached hydrogens (tertiary/aromatic N) is 1. The summed E-state index contributed by atoms with van der Waals surface area (Å²) in [5.41, 5.74) is 0.974. The van der Waals surface area contributed by atoms with Gasteiger partial charge in [0.25, 0.3) is 0 Å². The van der Waals surface area contributed by atoms with E-state index in [2.05, 4.69) is 39.5 Å². The molecule has 2 fully saturated rings. The maximum Gasteiger partial charge on any atom is 0.0262 e. The molecule has 0 radical (unpaired) electrons. The minimum atomic E-state index is 0.458. The molecule has 0 saturated heterocycles. The van der Waals surface area contributed by atoms with Crippen molar-refractivity contribution in [2.75, 3.05) is 13.1 Å². The second-order valence-electron chi connectivity index (χ2n) is 6.25. The molecule has 0 heterocycles. The zero-order valence-corrected chi connectivity index (χ0v) is 11.1. The summed E-state index contributed by atoms with van der Waals surface area (Å²) < 4.78 is 0. The molecule has 0 aliphatic heterocycles. The Morgan fingerprint density at radius 3 is 1.93 bits per heavy atom. The summed E-state index contributed by atoms with van der Waals surface area (Å²) in [5.74, 6) is 1.94. The molecule has 0 unspecified atom stereocenters. The molecule has 2 bridgehead atoms. The topological polar surface area (TPSA) is 3.24 Å². The molecule has 15 heavy (non-hydrogen) atoms. The van der Waals surface area contributed by atoms with Crippen molar-refractivity contribution in [2.24, 2.45) is 17.3 Å². The zero-order valence-electron chi connectivity index (χ0n) is 11.1. The van der Waals surface area contributed by atoms with Crippen molar-refractivity contribution in [1.82, 2.24) is 4.90 Å². The fraction of sp³-hybridized carbons (Fsp3) is 1.00. The maximum atomic E-state index is 2.72. The van der Waals surface area contributed by atoms with Crippen molar-refractivity contribution in [3.8, 4) is 0 Å². The van der Waals surface area contributed by atoms with Crippen LogP contribution in [-0.4, -0.2) is 23.5 Å². The highest BCUT2D eigenvalue weighted by Gasteiger charge is 2.61. The Morgan fingerprint density at radius 1 is 1.00 bits per heavy atom. The molecule has 2 aliphatic carbocycles. The SMILES string of the molecule is CCN(CC)[C@@]1(C)[C@H]2CC[C@@H](C2)C1(C)C. The Morgan fingerprint density at radius 2 is 1.53 bits per heavy atom. The molecule has 0 amide bonds. The first kappa shape index (κ1) is 11.4. The normalized spacial score (nSPS) is 42.8. The molecular formula is C14H27N. The summed E-state index contributed by atoms with van der Waals surface area (Å²) in [6, 6.07) is 0. The molecule has 0 spiro atoms. The molecule has 1 heteroatoms. The smallest absolute Gasteiger partial charge is 0.0262 e. The number of fused-ring (bicyclic) bond motifs is 2. The van der Waals surface area contributed by atoms with E-state index in [1.54, 1.807) is 0 Å². The van der Waals surface area contributed by atoms with Gasteiger partial charge >= 0.3 is 0 Å². The van der Waals surface area contributed by atoms with Gasteiger partial charge in [0.15, 0.2) is 0 Å². The molecule has 1 nitrogen and oxygen atoms in total. The summed E-state index contributed by atoms with van der Waals surface area (Å²) in [4.78, 5) is 2.72. The lowest BCUT2D eigenvalue weighted by molar-refractivity contribution is -0.0400. The van der Waals surface area contributed by atoms with Crippen molar-refractivity contribution in [3.05, 3.63) is 0 Å². The van der Waals surface area contributed by atoms with E-state index in [4.69, 9.17) is 0 Å². The lowest BCUT2D eigenvalue weighted by atomic mass is 9.63. The van der Waals surface area contributed by atoms with Gasteiger partial charge in [0.05, 0.1) is 0 Å². The highest BCUT2D eigenvalue weighted by molar-refractivity contribution is 5.14. The monoisotopic (exact) mass is 209 g/mol. The van der Waals surface area contributed by atoms with Crippen LogP contribution in [0.1, 0.15) is 53.9 Å². The van der Waals surface area contributed by atoms with E-state index in [0.29, 0.717) is 11.0 Å². The Balaban J connectivity index is 2.33. The molecule has 2 rings (SSSR count). The van der Waals surface area contributed by atoms with Crippen LogP contribution in [0, 0.1) is 17.3 Å². The molecule has 0 aromatic rings. The van der Waals surface area contributed by atoms with Crippen molar-refractivity contribution in [2.45, 2.75) is 59.4 Å². The number of hydrogen-bond donors (Lipinski definition) is 0. The van der Waals surface area contributed by atoms with Crippen molar-refractivity contribution in [1.29, 1.82) is 0 Å². The van der Waals surface area contributed by atoms with Crippen LogP contribution in [-0.2, 0) is 0 Å². The van der Waals surface area contributed by atoms with Gasteiger partial charge < -0.3 is 0 Å². The average molecular weight is 209 g/mol. The highest BCUT2D eigenvalue weighted by Crippen LogP contribution is 2.63. The van der Waals surface area contributed by atoms with E-state index in [1.165, 1.54) is 32.4 Å². The lowest BCUT2D eigenvalue weighted by Crippen LogP contribution is -2.59.